The monoisotopic (exact) mass is 482 g/mol. The van der Waals surface area contributed by atoms with Crippen LogP contribution in [0.1, 0.15) is 45.1 Å². The zero-order valence-electron chi connectivity index (χ0n) is 21.1. The average Bonchev–Trinajstić information content (AvgIpc) is 3.41. The quantitative estimate of drug-likeness (QED) is 0.476. The fourth-order valence-corrected chi connectivity index (χ4v) is 5.33. The van der Waals surface area contributed by atoms with Crippen molar-refractivity contribution in [1.29, 1.82) is 0 Å². The Bertz CT molecular complexity index is 1240. The number of aromatic nitrogens is 4. The van der Waals surface area contributed by atoms with E-state index in [1.807, 2.05) is 12.1 Å². The molecule has 0 spiro atoms. The Morgan fingerprint density at radius 1 is 1.00 bits per heavy atom. The predicted octanol–water partition coefficient (Wildman–Crippen LogP) is 4.72. The van der Waals surface area contributed by atoms with Crippen molar-refractivity contribution in [3.05, 3.63) is 66.0 Å². The zero-order chi connectivity index (χ0) is 24.5. The third-order valence-electron chi connectivity index (χ3n) is 7.32. The van der Waals surface area contributed by atoms with Crippen LogP contribution in [-0.2, 0) is 6.54 Å². The molecule has 1 fully saturated rings. The minimum atomic E-state index is 0.186. The summed E-state index contributed by atoms with van der Waals surface area (Å²) in [5.74, 6) is 2.73. The van der Waals surface area contributed by atoms with Crippen molar-refractivity contribution in [3.63, 3.8) is 0 Å². The summed E-state index contributed by atoms with van der Waals surface area (Å²) in [5, 5.41) is 14.5. The number of tetrazole rings is 1. The van der Waals surface area contributed by atoms with E-state index in [0.29, 0.717) is 5.82 Å². The highest BCUT2D eigenvalue weighted by Gasteiger charge is 2.37. The maximum absolute atomic E-state index is 5.19. The topological polar surface area (TPSA) is 76.5 Å². The van der Waals surface area contributed by atoms with Gasteiger partial charge >= 0.3 is 0 Å². The molecule has 3 heterocycles. The molecule has 2 aliphatic heterocycles. The molecule has 0 radical (unpaired) electrons. The van der Waals surface area contributed by atoms with Gasteiger partial charge in [0, 0.05) is 31.4 Å². The van der Waals surface area contributed by atoms with Crippen LogP contribution in [0.15, 0.2) is 65.4 Å². The molecular formula is C28H34N8. The van der Waals surface area contributed by atoms with Gasteiger partial charge in [-0.3, -0.25) is 0 Å². The second-order valence-corrected chi connectivity index (χ2v) is 10.1. The first-order chi connectivity index (χ1) is 17.7. The first-order valence-corrected chi connectivity index (χ1v) is 13.2. The Hall–Kier alpha value is -3.68. The molecule has 3 aromatic rings. The molecule has 1 unspecified atom stereocenters. The van der Waals surface area contributed by atoms with Gasteiger partial charge in [-0.2, -0.15) is 0 Å². The van der Waals surface area contributed by atoms with Gasteiger partial charge in [-0.15, -0.1) is 5.10 Å². The summed E-state index contributed by atoms with van der Waals surface area (Å²) in [6.45, 7) is 8.53. The zero-order valence-corrected chi connectivity index (χ0v) is 21.1. The lowest BCUT2D eigenvalue weighted by atomic mass is 9.98. The van der Waals surface area contributed by atoms with Crippen molar-refractivity contribution in [2.75, 3.05) is 19.8 Å². The van der Waals surface area contributed by atoms with Gasteiger partial charge in [0.2, 0.25) is 0 Å². The maximum Gasteiger partial charge on any atom is 0.180 e. The van der Waals surface area contributed by atoms with Crippen LogP contribution in [-0.4, -0.2) is 67.1 Å². The molecule has 186 valence electrons. The first-order valence-electron chi connectivity index (χ1n) is 13.2. The number of aromatic amines is 1. The Balaban J connectivity index is 1.25. The predicted molar refractivity (Wildman–Crippen MR) is 141 cm³/mol. The Kier molecular flexibility index (Phi) is 6.17. The summed E-state index contributed by atoms with van der Waals surface area (Å²) >= 11 is 0. The molecule has 8 nitrogen and oxygen atoms in total. The largest absolute Gasteiger partial charge is 0.358 e. The standard InChI is InChI=1S/C28H34N8/c1-3-15-35-19-34(16-20-9-10-20)18-25-28(35)29-26(4-2)36(25)17-21-11-13-22(14-12-21)23-7-5-6-8-24(23)27-30-32-33-31-27/h5-8,11-14,18,20,26H,3-4,9-10,15-17,19H2,1-2H3,(H,30,31,32,33). The number of benzene rings is 2. The van der Waals surface area contributed by atoms with Gasteiger partial charge in [-0.05, 0) is 58.7 Å². The van der Waals surface area contributed by atoms with Crippen molar-refractivity contribution in [2.24, 2.45) is 10.9 Å². The fraction of sp³-hybridized carbons (Fsp3) is 0.429. The molecule has 0 amide bonds. The van der Waals surface area contributed by atoms with Crippen molar-refractivity contribution in [2.45, 2.75) is 52.2 Å². The van der Waals surface area contributed by atoms with Crippen LogP contribution in [0.2, 0.25) is 0 Å². The number of hydrogen-bond acceptors (Lipinski definition) is 7. The van der Waals surface area contributed by atoms with Gasteiger partial charge in [0.25, 0.3) is 0 Å². The molecule has 1 aromatic heterocycles. The van der Waals surface area contributed by atoms with Crippen LogP contribution in [0.5, 0.6) is 0 Å². The van der Waals surface area contributed by atoms with Crippen molar-refractivity contribution in [1.82, 2.24) is 35.3 Å². The molecule has 36 heavy (non-hydrogen) atoms. The van der Waals surface area contributed by atoms with Crippen LogP contribution < -0.4 is 0 Å². The highest BCUT2D eigenvalue weighted by atomic mass is 15.5. The molecule has 1 saturated carbocycles. The highest BCUT2D eigenvalue weighted by molar-refractivity contribution is 6.00. The van der Waals surface area contributed by atoms with Crippen LogP contribution in [0, 0.1) is 5.92 Å². The number of nitrogens with one attached hydrogen (secondary N) is 1. The van der Waals surface area contributed by atoms with Crippen LogP contribution >= 0.6 is 0 Å². The number of fused-ring (bicyclic) bond motifs is 1. The molecule has 0 saturated heterocycles. The van der Waals surface area contributed by atoms with E-state index in [9.17, 15) is 0 Å². The van der Waals surface area contributed by atoms with Gasteiger partial charge in [0.05, 0.1) is 12.4 Å². The van der Waals surface area contributed by atoms with E-state index < -0.39 is 0 Å². The fourth-order valence-electron chi connectivity index (χ4n) is 5.33. The summed E-state index contributed by atoms with van der Waals surface area (Å²) in [5.41, 5.74) is 5.83. The normalized spacial score (nSPS) is 19.4. The highest BCUT2D eigenvalue weighted by Crippen LogP contribution is 2.35. The summed E-state index contributed by atoms with van der Waals surface area (Å²) in [6, 6.07) is 17.1. The van der Waals surface area contributed by atoms with Gasteiger partial charge in [-0.1, -0.05) is 62.4 Å². The molecule has 6 rings (SSSR count). The number of H-pyrrole nitrogens is 1. The third-order valence-corrected chi connectivity index (χ3v) is 7.32. The molecule has 1 N–H and O–H groups in total. The number of aliphatic imine (C=N–C) groups is 1. The van der Waals surface area contributed by atoms with Crippen molar-refractivity contribution >= 4 is 5.84 Å². The smallest absolute Gasteiger partial charge is 0.180 e. The maximum atomic E-state index is 5.19. The molecule has 1 aliphatic carbocycles. The first kappa shape index (κ1) is 22.8. The van der Waals surface area contributed by atoms with Gasteiger partial charge < -0.3 is 14.7 Å². The minimum Gasteiger partial charge on any atom is -0.358 e. The third kappa shape index (κ3) is 4.47. The number of amidine groups is 1. The lowest BCUT2D eigenvalue weighted by molar-refractivity contribution is 0.211. The van der Waals surface area contributed by atoms with E-state index in [1.54, 1.807) is 0 Å². The van der Waals surface area contributed by atoms with Crippen molar-refractivity contribution in [3.8, 4) is 22.5 Å². The van der Waals surface area contributed by atoms with Gasteiger partial charge in [0.15, 0.2) is 11.7 Å². The second-order valence-electron chi connectivity index (χ2n) is 10.1. The number of rotatable bonds is 9. The lowest BCUT2D eigenvalue weighted by Gasteiger charge is -2.38. The van der Waals surface area contributed by atoms with Gasteiger partial charge in [0.1, 0.15) is 6.17 Å². The molecule has 2 aromatic carbocycles. The Morgan fingerprint density at radius 2 is 1.81 bits per heavy atom. The second kappa shape index (κ2) is 9.76. The molecule has 3 aliphatic rings. The molecule has 1 atom stereocenters. The molecule has 0 bridgehead atoms. The van der Waals surface area contributed by atoms with Crippen LogP contribution in [0.3, 0.4) is 0 Å². The summed E-state index contributed by atoms with van der Waals surface area (Å²) < 4.78 is 0. The van der Waals surface area contributed by atoms with E-state index in [0.717, 1.165) is 61.8 Å². The van der Waals surface area contributed by atoms with E-state index in [-0.39, 0.29) is 6.17 Å². The average molecular weight is 483 g/mol. The van der Waals surface area contributed by atoms with E-state index in [2.05, 4.69) is 91.8 Å². The number of nitrogens with zero attached hydrogens (tertiary/aromatic N) is 7. The lowest BCUT2D eigenvalue weighted by Crippen LogP contribution is -2.46. The SMILES string of the molecule is CCCN1CN(CC2CC2)C=C2C1=NC(CC)N2Cc1ccc(-c2ccccc2-c2nnn[nH]2)cc1. The van der Waals surface area contributed by atoms with Crippen molar-refractivity contribution < 1.29 is 0 Å². The van der Waals surface area contributed by atoms with E-state index >= 15 is 0 Å². The summed E-state index contributed by atoms with van der Waals surface area (Å²) in [4.78, 5) is 12.7. The molecular weight excluding hydrogens is 448 g/mol. The van der Waals surface area contributed by atoms with E-state index in [1.165, 1.54) is 29.9 Å². The Morgan fingerprint density at radius 3 is 2.50 bits per heavy atom. The summed E-state index contributed by atoms with van der Waals surface area (Å²) in [7, 11) is 0. The summed E-state index contributed by atoms with van der Waals surface area (Å²) in [6.07, 6.45) is 7.45. The van der Waals surface area contributed by atoms with Crippen LogP contribution in [0.4, 0.5) is 0 Å². The van der Waals surface area contributed by atoms with E-state index in [4.69, 9.17) is 4.99 Å². The van der Waals surface area contributed by atoms with Gasteiger partial charge in [-0.25, -0.2) is 10.1 Å². The Labute approximate surface area is 212 Å². The molecule has 8 heteroatoms. The van der Waals surface area contributed by atoms with Crippen LogP contribution in [0.25, 0.3) is 22.5 Å². The number of hydrogen-bond donors (Lipinski definition) is 1. The minimum absolute atomic E-state index is 0.186.